The molecular weight excluding hydrogens is 198 g/mol. The first kappa shape index (κ1) is 14.3. The van der Waals surface area contributed by atoms with Crippen molar-refractivity contribution >= 4 is 5.97 Å². The minimum atomic E-state index is -0.879. The number of hydrogen-bond acceptors (Lipinski definition) is 4. The van der Waals surface area contributed by atoms with Crippen molar-refractivity contribution in [3.63, 3.8) is 0 Å². The first-order chi connectivity index (χ1) is 7.07. The average Bonchev–Trinajstić information content (AvgIpc) is 2.15. The lowest BCUT2D eigenvalue weighted by atomic mass is 10.2. The third-order valence-corrected chi connectivity index (χ3v) is 1.75. The summed E-state index contributed by atoms with van der Waals surface area (Å²) in [7, 11) is 1.63. The molecule has 2 N–H and O–H groups in total. The normalized spacial score (nSPS) is 13.1. The summed E-state index contributed by atoms with van der Waals surface area (Å²) < 4.78 is 10.1. The second-order valence-electron chi connectivity index (χ2n) is 3.63. The van der Waals surface area contributed by atoms with Crippen molar-refractivity contribution < 1.29 is 19.4 Å². The lowest BCUT2D eigenvalue weighted by molar-refractivity contribution is -0.141. The van der Waals surface area contributed by atoms with Crippen LogP contribution in [0, 0.1) is 0 Å². The van der Waals surface area contributed by atoms with Crippen LogP contribution in [-0.2, 0) is 14.3 Å². The summed E-state index contributed by atoms with van der Waals surface area (Å²) in [5.74, 6) is -0.879. The Hall–Kier alpha value is -0.650. The molecule has 0 aromatic carbocycles. The molecule has 5 heteroatoms. The maximum Gasteiger partial charge on any atom is 0.323 e. The largest absolute Gasteiger partial charge is 0.480 e. The van der Waals surface area contributed by atoms with Crippen LogP contribution in [0.4, 0.5) is 0 Å². The lowest BCUT2D eigenvalue weighted by Gasteiger charge is -2.17. The summed E-state index contributed by atoms with van der Waals surface area (Å²) in [5, 5.41) is 11.8. The molecule has 15 heavy (non-hydrogen) atoms. The Labute approximate surface area is 90.8 Å². The molecule has 0 saturated carbocycles. The van der Waals surface area contributed by atoms with Gasteiger partial charge in [0.1, 0.15) is 6.04 Å². The van der Waals surface area contributed by atoms with Crippen molar-refractivity contribution in [2.24, 2.45) is 0 Å². The summed E-state index contributed by atoms with van der Waals surface area (Å²) in [5.41, 5.74) is 0. The Morgan fingerprint density at radius 1 is 1.40 bits per heavy atom. The van der Waals surface area contributed by atoms with Crippen molar-refractivity contribution in [1.29, 1.82) is 0 Å². The van der Waals surface area contributed by atoms with Gasteiger partial charge in [-0.15, -0.1) is 0 Å². The molecule has 0 heterocycles. The highest BCUT2D eigenvalue weighted by Gasteiger charge is 2.17. The maximum atomic E-state index is 10.8. The number of carboxylic acids is 1. The molecule has 0 saturated heterocycles. The van der Waals surface area contributed by atoms with Gasteiger partial charge in [0.15, 0.2) is 0 Å². The lowest BCUT2D eigenvalue weighted by Crippen LogP contribution is -2.44. The number of rotatable bonds is 9. The Kier molecular flexibility index (Phi) is 8.27. The molecule has 0 aromatic heterocycles. The standard InChI is InChI=1S/C10H21NO4/c1-8(2)11-9(10(12)13)7-15-6-4-5-14-3/h8-9,11H,4-7H2,1-3H3,(H,12,13). The fourth-order valence-electron chi connectivity index (χ4n) is 1.10. The molecule has 0 rings (SSSR count). The molecule has 0 aromatic rings. The Morgan fingerprint density at radius 3 is 2.53 bits per heavy atom. The number of carboxylic acid groups (broad SMARTS) is 1. The summed E-state index contributed by atoms with van der Waals surface area (Å²) in [4.78, 5) is 10.8. The zero-order valence-corrected chi connectivity index (χ0v) is 9.66. The van der Waals surface area contributed by atoms with Gasteiger partial charge in [-0.3, -0.25) is 4.79 Å². The van der Waals surface area contributed by atoms with E-state index in [4.69, 9.17) is 14.6 Å². The molecule has 0 aliphatic heterocycles. The van der Waals surface area contributed by atoms with E-state index in [0.29, 0.717) is 13.2 Å². The van der Waals surface area contributed by atoms with Gasteiger partial charge in [-0.25, -0.2) is 0 Å². The Bertz CT molecular complexity index is 173. The SMILES string of the molecule is COCCCOCC(NC(C)C)C(=O)O. The van der Waals surface area contributed by atoms with Crippen LogP contribution in [0.5, 0.6) is 0 Å². The second kappa shape index (κ2) is 8.64. The predicted octanol–water partition coefficient (Wildman–Crippen LogP) is 0.491. The molecule has 1 atom stereocenters. The molecule has 5 nitrogen and oxygen atoms in total. The van der Waals surface area contributed by atoms with E-state index in [9.17, 15) is 4.79 Å². The molecule has 0 amide bonds. The number of carbonyl (C=O) groups is 1. The fourth-order valence-corrected chi connectivity index (χ4v) is 1.10. The van der Waals surface area contributed by atoms with Crippen molar-refractivity contribution in [1.82, 2.24) is 5.32 Å². The van der Waals surface area contributed by atoms with E-state index in [0.717, 1.165) is 6.42 Å². The number of ether oxygens (including phenoxy) is 2. The zero-order chi connectivity index (χ0) is 11.7. The second-order valence-corrected chi connectivity index (χ2v) is 3.63. The van der Waals surface area contributed by atoms with Gasteiger partial charge in [-0.2, -0.15) is 0 Å². The third kappa shape index (κ3) is 8.35. The van der Waals surface area contributed by atoms with E-state index < -0.39 is 12.0 Å². The monoisotopic (exact) mass is 219 g/mol. The van der Waals surface area contributed by atoms with Crippen molar-refractivity contribution in [2.75, 3.05) is 26.9 Å². The molecule has 90 valence electrons. The van der Waals surface area contributed by atoms with Gasteiger partial charge in [-0.1, -0.05) is 13.8 Å². The van der Waals surface area contributed by atoms with Crippen LogP contribution < -0.4 is 5.32 Å². The van der Waals surface area contributed by atoms with Gasteiger partial charge in [0.25, 0.3) is 0 Å². The minimum absolute atomic E-state index is 0.133. The van der Waals surface area contributed by atoms with Crippen LogP contribution in [0.25, 0.3) is 0 Å². The third-order valence-electron chi connectivity index (χ3n) is 1.75. The average molecular weight is 219 g/mol. The molecule has 0 radical (unpaired) electrons. The first-order valence-corrected chi connectivity index (χ1v) is 5.13. The summed E-state index contributed by atoms with van der Waals surface area (Å²) in [6.45, 7) is 5.16. The molecule has 0 bridgehead atoms. The van der Waals surface area contributed by atoms with Crippen LogP contribution in [0.2, 0.25) is 0 Å². The fraction of sp³-hybridized carbons (Fsp3) is 0.900. The van der Waals surface area contributed by atoms with E-state index in [1.54, 1.807) is 7.11 Å². The summed E-state index contributed by atoms with van der Waals surface area (Å²) >= 11 is 0. The van der Waals surface area contributed by atoms with E-state index in [1.807, 2.05) is 13.8 Å². The Balaban J connectivity index is 3.62. The predicted molar refractivity (Wildman–Crippen MR) is 57.0 cm³/mol. The van der Waals surface area contributed by atoms with Gasteiger partial charge < -0.3 is 19.9 Å². The van der Waals surface area contributed by atoms with Gasteiger partial charge in [-0.05, 0) is 6.42 Å². The topological polar surface area (TPSA) is 67.8 Å². The van der Waals surface area contributed by atoms with Gasteiger partial charge in [0.05, 0.1) is 6.61 Å². The summed E-state index contributed by atoms with van der Waals surface area (Å²) in [6, 6.07) is -0.499. The Morgan fingerprint density at radius 2 is 2.07 bits per heavy atom. The van der Waals surface area contributed by atoms with Crippen molar-refractivity contribution in [3.05, 3.63) is 0 Å². The van der Waals surface area contributed by atoms with E-state index in [2.05, 4.69) is 5.32 Å². The van der Waals surface area contributed by atoms with E-state index in [1.165, 1.54) is 0 Å². The van der Waals surface area contributed by atoms with Crippen LogP contribution in [0.1, 0.15) is 20.3 Å². The van der Waals surface area contributed by atoms with E-state index >= 15 is 0 Å². The first-order valence-electron chi connectivity index (χ1n) is 5.13. The minimum Gasteiger partial charge on any atom is -0.480 e. The van der Waals surface area contributed by atoms with Crippen LogP contribution in [0.15, 0.2) is 0 Å². The molecule has 1 unspecified atom stereocenters. The molecule has 0 fully saturated rings. The number of hydrogen-bond donors (Lipinski definition) is 2. The quantitative estimate of drug-likeness (QED) is 0.552. The molecule has 0 aliphatic rings. The van der Waals surface area contributed by atoms with Gasteiger partial charge in [0, 0.05) is 26.4 Å². The smallest absolute Gasteiger partial charge is 0.323 e. The highest BCUT2D eigenvalue weighted by Crippen LogP contribution is 1.92. The highest BCUT2D eigenvalue weighted by molar-refractivity contribution is 5.73. The van der Waals surface area contributed by atoms with Crippen LogP contribution >= 0.6 is 0 Å². The molecule has 0 spiro atoms. The van der Waals surface area contributed by atoms with Gasteiger partial charge >= 0.3 is 5.97 Å². The van der Waals surface area contributed by atoms with E-state index in [-0.39, 0.29) is 12.6 Å². The van der Waals surface area contributed by atoms with Crippen molar-refractivity contribution in [2.45, 2.75) is 32.4 Å². The van der Waals surface area contributed by atoms with Crippen LogP contribution in [-0.4, -0.2) is 50.1 Å². The number of nitrogens with one attached hydrogen (secondary N) is 1. The zero-order valence-electron chi connectivity index (χ0n) is 9.66. The molecular formula is C10H21NO4. The van der Waals surface area contributed by atoms with Crippen molar-refractivity contribution in [3.8, 4) is 0 Å². The van der Waals surface area contributed by atoms with Gasteiger partial charge in [0.2, 0.25) is 0 Å². The summed E-state index contributed by atoms with van der Waals surface area (Å²) in [6.07, 6.45) is 0.782. The van der Waals surface area contributed by atoms with Crippen LogP contribution in [0.3, 0.4) is 0 Å². The highest BCUT2D eigenvalue weighted by atomic mass is 16.5. The number of methoxy groups -OCH3 is 1. The number of aliphatic carboxylic acids is 1. The maximum absolute atomic E-state index is 10.8. The molecule has 0 aliphatic carbocycles.